The molecule has 104 valence electrons. The topological polar surface area (TPSA) is 68.9 Å². The highest BCUT2D eigenvalue weighted by Crippen LogP contribution is 2.11. The zero-order valence-electron chi connectivity index (χ0n) is 10.5. The van der Waals surface area contributed by atoms with Crippen LogP contribution < -0.4 is 4.87 Å². The van der Waals surface area contributed by atoms with E-state index >= 15 is 0 Å². The maximum absolute atomic E-state index is 11.9. The lowest BCUT2D eigenvalue weighted by Gasteiger charge is -1.95. The minimum absolute atomic E-state index is 0.0409. The second kappa shape index (κ2) is 6.62. The minimum atomic E-state index is -0.568. The summed E-state index contributed by atoms with van der Waals surface area (Å²) in [6.07, 6.45) is 0. The molecule has 0 N–H and O–H groups in total. The number of esters is 1. The third-order valence-electron chi connectivity index (χ3n) is 2.22. The molecule has 0 radical (unpaired) electrons. The predicted octanol–water partition coefficient (Wildman–Crippen LogP) is 3.02. The van der Waals surface area contributed by atoms with Gasteiger partial charge in [-0.05, 0) is 31.2 Å². The number of hydrogen-bond acceptors (Lipinski definition) is 5. The molecule has 1 amide bonds. The van der Waals surface area contributed by atoms with Gasteiger partial charge in [0.25, 0.3) is 10.8 Å². The maximum Gasteiger partial charge on any atom is 0.375 e. The smallest absolute Gasteiger partial charge is 0.375 e. The van der Waals surface area contributed by atoms with E-state index in [-0.39, 0.29) is 17.2 Å². The van der Waals surface area contributed by atoms with Crippen molar-refractivity contribution in [1.29, 1.82) is 0 Å². The van der Waals surface area contributed by atoms with Crippen LogP contribution in [0, 0.1) is 0 Å². The van der Waals surface area contributed by atoms with Gasteiger partial charge in [0.2, 0.25) is 5.76 Å². The number of amides is 1. The molecule has 0 aliphatic carbocycles. The minimum Gasteiger partial charge on any atom is -0.460 e. The summed E-state index contributed by atoms with van der Waals surface area (Å²) in [4.78, 5) is 27.2. The first kappa shape index (κ1) is 14.7. The van der Waals surface area contributed by atoms with Gasteiger partial charge in [-0.2, -0.15) is 4.99 Å². The Balaban J connectivity index is 2.21. The van der Waals surface area contributed by atoms with E-state index in [2.05, 4.69) is 20.9 Å². The summed E-state index contributed by atoms with van der Waals surface area (Å²) in [7, 11) is 0. The van der Waals surface area contributed by atoms with Crippen molar-refractivity contribution in [1.82, 2.24) is 0 Å². The molecule has 0 atom stereocenters. The molecule has 1 heterocycles. The summed E-state index contributed by atoms with van der Waals surface area (Å²) in [6, 6.07) is 6.79. The Hall–Kier alpha value is -1.73. The summed E-state index contributed by atoms with van der Waals surface area (Å²) in [6.45, 7) is 1.96. The number of benzene rings is 1. The molecular weight excluding hydrogens is 346 g/mol. The van der Waals surface area contributed by atoms with Gasteiger partial charge in [-0.1, -0.05) is 27.3 Å². The fourth-order valence-corrected chi connectivity index (χ4v) is 2.22. The van der Waals surface area contributed by atoms with Crippen molar-refractivity contribution in [3.05, 3.63) is 50.3 Å². The highest BCUT2D eigenvalue weighted by Gasteiger charge is 2.11. The van der Waals surface area contributed by atoms with E-state index in [0.29, 0.717) is 5.56 Å². The number of hydrogen-bond donors (Lipinski definition) is 0. The molecule has 2 aromatic rings. The van der Waals surface area contributed by atoms with Crippen LogP contribution in [-0.4, -0.2) is 18.5 Å². The molecule has 0 fully saturated rings. The van der Waals surface area contributed by atoms with E-state index < -0.39 is 11.9 Å². The number of ether oxygens (including phenoxy) is 1. The van der Waals surface area contributed by atoms with Crippen LogP contribution >= 0.6 is 27.3 Å². The van der Waals surface area contributed by atoms with Gasteiger partial charge in [0.15, 0.2) is 0 Å². The van der Waals surface area contributed by atoms with Crippen LogP contribution in [0.2, 0.25) is 0 Å². The number of rotatable bonds is 3. The average Bonchev–Trinajstić information content (AvgIpc) is 2.88. The molecule has 1 aromatic heterocycles. The highest BCUT2D eigenvalue weighted by molar-refractivity contribution is 9.10. The molecular formula is C13H10BrNO4S. The number of halogens is 1. The van der Waals surface area contributed by atoms with Crippen molar-refractivity contribution in [3.63, 3.8) is 0 Å². The normalized spacial score (nSPS) is 11.4. The van der Waals surface area contributed by atoms with Gasteiger partial charge in [-0.3, -0.25) is 4.79 Å². The molecule has 5 nitrogen and oxygen atoms in total. The SMILES string of the molecule is CCOC(=O)c1csc(=NC(=O)c2ccc(Br)cc2)o1. The van der Waals surface area contributed by atoms with E-state index in [0.717, 1.165) is 15.8 Å². The third kappa shape index (κ3) is 3.64. The van der Waals surface area contributed by atoms with Crippen LogP contribution in [0.4, 0.5) is 0 Å². The summed E-state index contributed by atoms with van der Waals surface area (Å²) in [5.74, 6) is -0.959. The molecule has 7 heteroatoms. The average molecular weight is 356 g/mol. The molecule has 0 bridgehead atoms. The Bertz CT molecular complexity index is 687. The molecule has 0 spiro atoms. The van der Waals surface area contributed by atoms with Crippen LogP contribution in [0.25, 0.3) is 0 Å². The molecule has 2 rings (SSSR count). The van der Waals surface area contributed by atoms with E-state index in [4.69, 9.17) is 9.15 Å². The largest absolute Gasteiger partial charge is 0.460 e. The van der Waals surface area contributed by atoms with Gasteiger partial charge in [-0.25, -0.2) is 4.79 Å². The second-order valence-electron chi connectivity index (χ2n) is 3.61. The van der Waals surface area contributed by atoms with E-state index in [1.54, 1.807) is 31.2 Å². The molecule has 0 aliphatic heterocycles. The van der Waals surface area contributed by atoms with Crippen LogP contribution in [0.1, 0.15) is 27.8 Å². The van der Waals surface area contributed by atoms with Gasteiger partial charge in [0.05, 0.1) is 6.61 Å². The van der Waals surface area contributed by atoms with Crippen LogP contribution in [0.3, 0.4) is 0 Å². The highest BCUT2D eigenvalue weighted by atomic mass is 79.9. The molecule has 1 aromatic carbocycles. The zero-order valence-corrected chi connectivity index (χ0v) is 12.9. The summed E-state index contributed by atoms with van der Waals surface area (Å²) in [5, 5.41) is 1.46. The Labute approximate surface area is 127 Å². The maximum atomic E-state index is 11.9. The second-order valence-corrected chi connectivity index (χ2v) is 5.35. The van der Waals surface area contributed by atoms with Crippen molar-refractivity contribution < 1.29 is 18.7 Å². The first-order valence-electron chi connectivity index (χ1n) is 5.70. The molecule has 0 saturated carbocycles. The molecule has 0 unspecified atom stereocenters. The van der Waals surface area contributed by atoms with Crippen LogP contribution in [-0.2, 0) is 4.74 Å². The predicted molar refractivity (Wildman–Crippen MR) is 76.6 cm³/mol. The monoisotopic (exact) mass is 355 g/mol. The lowest BCUT2D eigenvalue weighted by Crippen LogP contribution is -2.05. The van der Waals surface area contributed by atoms with Crippen molar-refractivity contribution in [3.8, 4) is 0 Å². The van der Waals surface area contributed by atoms with Gasteiger partial charge >= 0.3 is 5.97 Å². The Kier molecular flexibility index (Phi) is 4.86. The first-order valence-corrected chi connectivity index (χ1v) is 7.38. The summed E-state index contributed by atoms with van der Waals surface area (Å²) in [5.41, 5.74) is 0.439. The first-order chi connectivity index (χ1) is 9.60. The van der Waals surface area contributed by atoms with Crippen LogP contribution in [0.15, 0.2) is 43.5 Å². The lowest BCUT2D eigenvalue weighted by molar-refractivity contribution is 0.0486. The van der Waals surface area contributed by atoms with Crippen molar-refractivity contribution >= 4 is 39.1 Å². The number of carbonyl (C=O) groups excluding carboxylic acids is 2. The standard InChI is InChI=1S/C13H10BrNO4S/c1-2-18-12(17)10-7-20-13(19-10)15-11(16)8-3-5-9(14)6-4-8/h3-7H,2H2,1H3. The van der Waals surface area contributed by atoms with E-state index in [1.807, 2.05) is 0 Å². The van der Waals surface area contributed by atoms with Gasteiger partial charge in [0.1, 0.15) is 0 Å². The quantitative estimate of drug-likeness (QED) is 0.793. The molecule has 20 heavy (non-hydrogen) atoms. The van der Waals surface area contributed by atoms with Gasteiger partial charge < -0.3 is 9.15 Å². The Morgan fingerprint density at radius 2 is 2.05 bits per heavy atom. The number of carbonyl (C=O) groups is 2. The Morgan fingerprint density at radius 3 is 2.70 bits per heavy atom. The molecule has 0 aliphatic rings. The lowest BCUT2D eigenvalue weighted by atomic mass is 10.2. The summed E-state index contributed by atoms with van der Waals surface area (Å²) >= 11 is 4.35. The van der Waals surface area contributed by atoms with Crippen molar-refractivity contribution in [2.24, 2.45) is 4.99 Å². The van der Waals surface area contributed by atoms with Gasteiger partial charge in [0, 0.05) is 15.4 Å². The number of nitrogens with zero attached hydrogens (tertiary/aromatic N) is 1. The summed E-state index contributed by atoms with van der Waals surface area (Å²) < 4.78 is 10.8. The Morgan fingerprint density at radius 1 is 1.35 bits per heavy atom. The van der Waals surface area contributed by atoms with E-state index in [9.17, 15) is 9.59 Å². The van der Waals surface area contributed by atoms with Crippen molar-refractivity contribution in [2.75, 3.05) is 6.61 Å². The fourth-order valence-electron chi connectivity index (χ4n) is 1.33. The zero-order chi connectivity index (χ0) is 14.5. The van der Waals surface area contributed by atoms with Crippen LogP contribution in [0.5, 0.6) is 0 Å². The third-order valence-corrected chi connectivity index (χ3v) is 3.46. The van der Waals surface area contributed by atoms with Gasteiger partial charge in [-0.15, -0.1) is 0 Å². The fraction of sp³-hybridized carbons (Fsp3) is 0.154. The molecule has 0 saturated heterocycles. The van der Waals surface area contributed by atoms with E-state index in [1.165, 1.54) is 5.38 Å². The van der Waals surface area contributed by atoms with Crippen molar-refractivity contribution in [2.45, 2.75) is 6.92 Å².